The molecule has 0 bridgehead atoms. The van der Waals surface area contributed by atoms with Crippen LogP contribution in [0.2, 0.25) is 0 Å². The molecular weight excluding hydrogens is 246 g/mol. The second-order valence-electron chi connectivity index (χ2n) is 4.45. The number of aryl methyl sites for hydroxylation is 1. The molecule has 0 amide bonds. The lowest BCUT2D eigenvalue weighted by Crippen LogP contribution is -2.12. The third-order valence-corrected chi connectivity index (χ3v) is 3.04. The van der Waals surface area contributed by atoms with Gasteiger partial charge < -0.3 is 0 Å². The van der Waals surface area contributed by atoms with Gasteiger partial charge in [0.05, 0.1) is 16.1 Å². The summed E-state index contributed by atoms with van der Waals surface area (Å²) >= 11 is 0. The lowest BCUT2D eigenvalue weighted by molar-refractivity contribution is -0.384. The monoisotopic (exact) mass is 261 g/mol. The number of nitro groups is 1. The van der Waals surface area contributed by atoms with E-state index in [0.717, 1.165) is 18.2 Å². The summed E-state index contributed by atoms with van der Waals surface area (Å²) in [6.07, 6.45) is 2.10. The van der Waals surface area contributed by atoms with E-state index in [4.69, 9.17) is 0 Å². The second-order valence-corrected chi connectivity index (χ2v) is 4.45. The first-order valence-corrected chi connectivity index (χ1v) is 6.21. The van der Waals surface area contributed by atoms with Gasteiger partial charge in [-0.3, -0.25) is 14.9 Å². The maximum Gasteiger partial charge on any atom is 0.271 e. The van der Waals surface area contributed by atoms with Crippen molar-refractivity contribution in [2.45, 2.75) is 33.1 Å². The van der Waals surface area contributed by atoms with Crippen molar-refractivity contribution >= 4 is 22.5 Å². The van der Waals surface area contributed by atoms with Crippen molar-refractivity contribution in [3.63, 3.8) is 0 Å². The zero-order chi connectivity index (χ0) is 14.0. The Labute approximate surface area is 110 Å². The summed E-state index contributed by atoms with van der Waals surface area (Å²) < 4.78 is 1.29. The van der Waals surface area contributed by atoms with Gasteiger partial charge in [0.15, 0.2) is 0 Å². The number of benzene rings is 1. The first kappa shape index (κ1) is 13.2. The molecule has 0 aliphatic carbocycles. The van der Waals surface area contributed by atoms with E-state index in [2.05, 4.69) is 5.10 Å². The maximum atomic E-state index is 12.0. The van der Waals surface area contributed by atoms with Crippen LogP contribution in [0.4, 0.5) is 5.69 Å². The minimum Gasteiger partial charge on any atom is -0.273 e. The normalized spacial score (nSPS) is 10.8. The van der Waals surface area contributed by atoms with Gasteiger partial charge in [0.25, 0.3) is 5.69 Å². The molecule has 2 aromatic rings. The molecule has 6 nitrogen and oxygen atoms in total. The van der Waals surface area contributed by atoms with E-state index in [0.29, 0.717) is 17.6 Å². The molecule has 6 heteroatoms. The number of hydrogen-bond acceptors (Lipinski definition) is 4. The fourth-order valence-corrected chi connectivity index (χ4v) is 2.00. The minimum absolute atomic E-state index is 0.0306. The van der Waals surface area contributed by atoms with Crippen LogP contribution in [0.1, 0.15) is 36.7 Å². The van der Waals surface area contributed by atoms with Gasteiger partial charge >= 0.3 is 0 Å². The van der Waals surface area contributed by atoms with Crippen molar-refractivity contribution in [3.05, 3.63) is 34.0 Å². The summed E-state index contributed by atoms with van der Waals surface area (Å²) in [6.45, 7) is 3.79. The van der Waals surface area contributed by atoms with Crippen LogP contribution < -0.4 is 0 Å². The van der Waals surface area contributed by atoms with Crippen molar-refractivity contribution in [1.82, 2.24) is 9.78 Å². The Kier molecular flexibility index (Phi) is 3.59. The van der Waals surface area contributed by atoms with Crippen LogP contribution in [-0.4, -0.2) is 20.6 Å². The highest BCUT2D eigenvalue weighted by molar-refractivity contribution is 5.93. The quantitative estimate of drug-likeness (QED) is 0.625. The smallest absolute Gasteiger partial charge is 0.271 e. The van der Waals surface area contributed by atoms with Gasteiger partial charge in [-0.2, -0.15) is 9.78 Å². The minimum atomic E-state index is -0.470. The Morgan fingerprint density at radius 2 is 2.21 bits per heavy atom. The zero-order valence-electron chi connectivity index (χ0n) is 10.9. The Bertz CT molecular complexity index is 646. The topological polar surface area (TPSA) is 78.0 Å². The molecule has 2 rings (SSSR count). The SMILES string of the molecule is CCCCC(=O)n1nc(C)c2ccc([N+](=O)[O-])cc21. The number of unbranched alkanes of at least 4 members (excludes halogenated alkanes) is 1. The molecule has 19 heavy (non-hydrogen) atoms. The number of carbonyl (C=O) groups is 1. The van der Waals surface area contributed by atoms with Gasteiger partial charge in [-0.1, -0.05) is 13.3 Å². The lowest BCUT2D eigenvalue weighted by Gasteiger charge is -2.01. The second kappa shape index (κ2) is 5.17. The Balaban J connectivity index is 2.51. The Morgan fingerprint density at radius 1 is 1.47 bits per heavy atom. The Hall–Kier alpha value is -2.24. The molecule has 0 fully saturated rings. The molecular formula is C13H15N3O3. The predicted octanol–water partition coefficient (Wildman–Crippen LogP) is 3.08. The van der Waals surface area contributed by atoms with Gasteiger partial charge in [0, 0.05) is 23.9 Å². The van der Waals surface area contributed by atoms with Gasteiger partial charge in [0.2, 0.25) is 5.91 Å². The van der Waals surface area contributed by atoms with Crippen molar-refractivity contribution in [2.75, 3.05) is 0 Å². The highest BCUT2D eigenvalue weighted by atomic mass is 16.6. The van der Waals surface area contributed by atoms with E-state index in [1.165, 1.54) is 16.8 Å². The summed E-state index contributed by atoms with van der Waals surface area (Å²) in [5, 5.41) is 15.8. The standard InChI is InChI=1S/C13H15N3O3/c1-3-4-5-13(17)15-12-8-10(16(18)19)6-7-11(12)9(2)14-15/h6-8H,3-5H2,1-2H3. The molecule has 0 radical (unpaired) electrons. The number of carbonyl (C=O) groups excluding carboxylic acids is 1. The molecule has 1 aromatic carbocycles. The van der Waals surface area contributed by atoms with E-state index < -0.39 is 4.92 Å². The number of hydrogen-bond donors (Lipinski definition) is 0. The van der Waals surface area contributed by atoms with Crippen LogP contribution in [0.3, 0.4) is 0 Å². The summed E-state index contributed by atoms with van der Waals surface area (Å²) in [6, 6.07) is 4.47. The Morgan fingerprint density at radius 3 is 2.84 bits per heavy atom. The van der Waals surface area contributed by atoms with E-state index in [1.807, 2.05) is 6.92 Å². The largest absolute Gasteiger partial charge is 0.273 e. The molecule has 0 saturated heterocycles. The van der Waals surface area contributed by atoms with Crippen LogP contribution in [-0.2, 0) is 0 Å². The molecule has 100 valence electrons. The first-order chi connectivity index (χ1) is 9.04. The van der Waals surface area contributed by atoms with Crippen LogP contribution in [0.25, 0.3) is 10.9 Å². The number of non-ortho nitro benzene ring substituents is 1. The van der Waals surface area contributed by atoms with Crippen LogP contribution >= 0.6 is 0 Å². The summed E-state index contributed by atoms with van der Waals surface area (Å²) in [4.78, 5) is 22.4. The van der Waals surface area contributed by atoms with Crippen molar-refractivity contribution in [2.24, 2.45) is 0 Å². The molecule has 1 aromatic heterocycles. The average molecular weight is 261 g/mol. The van der Waals surface area contributed by atoms with Crippen molar-refractivity contribution < 1.29 is 9.72 Å². The molecule has 0 saturated carbocycles. The molecule has 0 unspecified atom stereocenters. The summed E-state index contributed by atoms with van der Waals surface area (Å²) in [5.41, 5.74) is 1.18. The first-order valence-electron chi connectivity index (χ1n) is 6.21. The fraction of sp³-hybridized carbons (Fsp3) is 0.385. The van der Waals surface area contributed by atoms with E-state index in [1.54, 1.807) is 13.0 Å². The van der Waals surface area contributed by atoms with Gasteiger partial charge in [-0.05, 0) is 19.4 Å². The van der Waals surface area contributed by atoms with E-state index >= 15 is 0 Å². The van der Waals surface area contributed by atoms with Crippen LogP contribution in [0, 0.1) is 17.0 Å². The molecule has 0 aliphatic heterocycles. The summed E-state index contributed by atoms with van der Waals surface area (Å²) in [7, 11) is 0. The van der Waals surface area contributed by atoms with Gasteiger partial charge in [-0.15, -0.1) is 0 Å². The summed E-state index contributed by atoms with van der Waals surface area (Å²) in [5.74, 6) is -0.125. The number of rotatable bonds is 4. The molecule has 1 heterocycles. The lowest BCUT2D eigenvalue weighted by atomic mass is 10.2. The van der Waals surface area contributed by atoms with Crippen LogP contribution in [0.15, 0.2) is 18.2 Å². The number of nitrogens with zero attached hydrogens (tertiary/aromatic N) is 3. The molecule has 0 aliphatic rings. The molecule has 0 spiro atoms. The third-order valence-electron chi connectivity index (χ3n) is 3.04. The number of nitro benzene ring substituents is 1. The highest BCUT2D eigenvalue weighted by Crippen LogP contribution is 2.23. The average Bonchev–Trinajstić information content (AvgIpc) is 2.73. The third kappa shape index (κ3) is 2.47. The molecule has 0 atom stereocenters. The highest BCUT2D eigenvalue weighted by Gasteiger charge is 2.16. The van der Waals surface area contributed by atoms with Gasteiger partial charge in [0.1, 0.15) is 0 Å². The number of aromatic nitrogens is 2. The van der Waals surface area contributed by atoms with Gasteiger partial charge in [-0.25, -0.2) is 0 Å². The maximum absolute atomic E-state index is 12.0. The predicted molar refractivity (Wildman–Crippen MR) is 71.3 cm³/mol. The number of fused-ring (bicyclic) bond motifs is 1. The van der Waals surface area contributed by atoms with E-state index in [-0.39, 0.29) is 11.6 Å². The van der Waals surface area contributed by atoms with Crippen molar-refractivity contribution in [1.29, 1.82) is 0 Å². The van der Waals surface area contributed by atoms with E-state index in [9.17, 15) is 14.9 Å². The zero-order valence-corrected chi connectivity index (χ0v) is 10.9. The molecule has 0 N–H and O–H groups in total. The fourth-order valence-electron chi connectivity index (χ4n) is 2.00. The van der Waals surface area contributed by atoms with Crippen LogP contribution in [0.5, 0.6) is 0 Å². The van der Waals surface area contributed by atoms with Crippen molar-refractivity contribution in [3.8, 4) is 0 Å².